The van der Waals surface area contributed by atoms with E-state index in [2.05, 4.69) is 25.1 Å². The fourth-order valence-corrected chi connectivity index (χ4v) is 3.55. The molecule has 0 aliphatic carbocycles. The maximum absolute atomic E-state index is 12.2. The summed E-state index contributed by atoms with van der Waals surface area (Å²) in [4.78, 5) is 13.5. The van der Waals surface area contributed by atoms with E-state index in [1.165, 1.54) is 16.0 Å². The molecule has 0 bridgehead atoms. The van der Waals surface area contributed by atoms with Crippen LogP contribution in [-0.2, 0) is 11.2 Å². The maximum atomic E-state index is 12.2. The summed E-state index contributed by atoms with van der Waals surface area (Å²) in [6, 6.07) is 6.48. The van der Waals surface area contributed by atoms with Crippen LogP contribution >= 0.6 is 11.8 Å². The van der Waals surface area contributed by atoms with E-state index in [4.69, 9.17) is 0 Å². The quantitative estimate of drug-likeness (QED) is 0.738. The predicted molar refractivity (Wildman–Crippen MR) is 69.0 cm³/mol. The van der Waals surface area contributed by atoms with Gasteiger partial charge < -0.3 is 0 Å². The van der Waals surface area contributed by atoms with Crippen LogP contribution in [0.4, 0.5) is 0 Å². The molecule has 16 heavy (non-hydrogen) atoms. The Hall–Kier alpha value is -0.760. The van der Waals surface area contributed by atoms with Gasteiger partial charge in [-0.2, -0.15) is 0 Å². The molecule has 1 aromatic carbocycles. The van der Waals surface area contributed by atoms with Crippen LogP contribution in [0.3, 0.4) is 0 Å². The topological polar surface area (TPSA) is 17.1 Å². The van der Waals surface area contributed by atoms with Crippen LogP contribution in [0.5, 0.6) is 0 Å². The summed E-state index contributed by atoms with van der Waals surface area (Å²) in [6.07, 6.45) is 0.899. The molecule has 1 heterocycles. The van der Waals surface area contributed by atoms with E-state index in [1.807, 2.05) is 20.8 Å². The van der Waals surface area contributed by atoms with E-state index < -0.39 is 0 Å². The lowest BCUT2D eigenvalue weighted by atomic mass is 9.87. The molecule has 0 fully saturated rings. The van der Waals surface area contributed by atoms with Gasteiger partial charge in [0.15, 0.2) is 5.78 Å². The summed E-state index contributed by atoms with van der Waals surface area (Å²) in [6.45, 7) is 8.11. The SMILES string of the molecule is Cc1ccc2c(c1)SC(C(=O)C(C)(C)C)C2. The molecule has 1 nitrogen and oxygen atoms in total. The van der Waals surface area contributed by atoms with Crippen LogP contribution in [0.2, 0.25) is 0 Å². The summed E-state index contributed by atoms with van der Waals surface area (Å²) in [5, 5.41) is 0.122. The van der Waals surface area contributed by atoms with Gasteiger partial charge in [0.2, 0.25) is 0 Å². The Balaban J connectivity index is 2.20. The molecule has 0 N–H and O–H groups in total. The number of benzene rings is 1. The summed E-state index contributed by atoms with van der Waals surface area (Å²) in [5.74, 6) is 0.367. The van der Waals surface area contributed by atoms with Crippen molar-refractivity contribution in [3.05, 3.63) is 29.3 Å². The van der Waals surface area contributed by atoms with Gasteiger partial charge in [0.1, 0.15) is 0 Å². The predicted octanol–water partition coefficient (Wildman–Crippen LogP) is 3.63. The average Bonchev–Trinajstić information content (AvgIpc) is 2.57. The van der Waals surface area contributed by atoms with Gasteiger partial charge in [-0.15, -0.1) is 11.8 Å². The molecule has 2 rings (SSSR count). The Morgan fingerprint density at radius 3 is 2.69 bits per heavy atom. The zero-order chi connectivity index (χ0) is 11.9. The van der Waals surface area contributed by atoms with Crippen molar-refractivity contribution in [1.82, 2.24) is 0 Å². The molecular formula is C14H18OS. The molecule has 0 spiro atoms. The van der Waals surface area contributed by atoms with Crippen LogP contribution in [0.15, 0.2) is 23.1 Å². The van der Waals surface area contributed by atoms with Gasteiger partial charge in [0.05, 0.1) is 5.25 Å². The normalized spacial score (nSPS) is 19.6. The Labute approximate surface area is 102 Å². The molecule has 0 amide bonds. The summed E-state index contributed by atoms with van der Waals surface area (Å²) >= 11 is 1.74. The lowest BCUT2D eigenvalue weighted by Crippen LogP contribution is -2.30. The third kappa shape index (κ3) is 2.17. The minimum absolute atomic E-state index is 0.122. The standard InChI is InChI=1S/C14H18OS/c1-9-5-6-10-8-12(16-11(10)7-9)13(15)14(2,3)4/h5-7,12H,8H2,1-4H3. The number of Topliss-reactive ketones (excluding diaryl/α,β-unsaturated/α-hetero) is 1. The van der Waals surface area contributed by atoms with Crippen molar-refractivity contribution in [2.24, 2.45) is 5.41 Å². The van der Waals surface area contributed by atoms with Gasteiger partial charge in [0.25, 0.3) is 0 Å². The molecular weight excluding hydrogens is 216 g/mol. The molecule has 1 unspecified atom stereocenters. The van der Waals surface area contributed by atoms with Crippen molar-refractivity contribution in [3.63, 3.8) is 0 Å². The van der Waals surface area contributed by atoms with E-state index in [-0.39, 0.29) is 10.7 Å². The van der Waals surface area contributed by atoms with Crippen molar-refractivity contribution in [3.8, 4) is 0 Å². The molecule has 1 aliphatic heterocycles. The molecule has 0 saturated heterocycles. The van der Waals surface area contributed by atoms with Gasteiger partial charge >= 0.3 is 0 Å². The second-order valence-corrected chi connectivity index (χ2v) is 6.78. The first-order chi connectivity index (χ1) is 7.38. The monoisotopic (exact) mass is 234 g/mol. The summed E-state index contributed by atoms with van der Waals surface area (Å²) in [5.41, 5.74) is 2.38. The van der Waals surface area contributed by atoms with E-state index >= 15 is 0 Å². The van der Waals surface area contributed by atoms with Crippen LogP contribution in [0.25, 0.3) is 0 Å². The van der Waals surface area contributed by atoms with Crippen molar-refractivity contribution < 1.29 is 4.79 Å². The molecule has 0 saturated carbocycles. The Morgan fingerprint density at radius 1 is 1.38 bits per heavy atom. The summed E-state index contributed by atoms with van der Waals surface area (Å²) < 4.78 is 0. The first-order valence-electron chi connectivity index (χ1n) is 5.68. The molecule has 86 valence electrons. The second kappa shape index (κ2) is 3.92. The van der Waals surface area contributed by atoms with Gasteiger partial charge in [-0.1, -0.05) is 38.5 Å². The number of hydrogen-bond acceptors (Lipinski definition) is 2. The van der Waals surface area contributed by atoms with Crippen LogP contribution in [0.1, 0.15) is 31.9 Å². The second-order valence-electron chi connectivity index (χ2n) is 5.54. The third-order valence-electron chi connectivity index (χ3n) is 2.93. The Morgan fingerprint density at radius 2 is 2.06 bits per heavy atom. The number of thioether (sulfide) groups is 1. The Bertz CT molecular complexity index is 429. The fraction of sp³-hybridized carbons (Fsp3) is 0.500. The van der Waals surface area contributed by atoms with Crippen molar-refractivity contribution in [1.29, 1.82) is 0 Å². The third-order valence-corrected chi connectivity index (χ3v) is 4.23. The van der Waals surface area contributed by atoms with Crippen molar-refractivity contribution >= 4 is 17.5 Å². The lowest BCUT2D eigenvalue weighted by molar-refractivity contribution is -0.125. The van der Waals surface area contributed by atoms with Gasteiger partial charge in [-0.05, 0) is 25.0 Å². The zero-order valence-electron chi connectivity index (χ0n) is 10.3. The number of carbonyl (C=O) groups is 1. The minimum atomic E-state index is -0.227. The molecule has 0 radical (unpaired) electrons. The highest BCUT2D eigenvalue weighted by molar-refractivity contribution is 8.01. The average molecular weight is 234 g/mol. The van der Waals surface area contributed by atoms with Crippen molar-refractivity contribution in [2.45, 2.75) is 44.3 Å². The van der Waals surface area contributed by atoms with E-state index in [1.54, 1.807) is 11.8 Å². The number of carbonyl (C=O) groups excluding carboxylic acids is 1. The van der Waals surface area contributed by atoms with Crippen LogP contribution in [0, 0.1) is 12.3 Å². The molecule has 1 aromatic rings. The first kappa shape index (κ1) is 11.7. The first-order valence-corrected chi connectivity index (χ1v) is 6.56. The van der Waals surface area contributed by atoms with Gasteiger partial charge in [-0.3, -0.25) is 4.79 Å². The van der Waals surface area contributed by atoms with E-state index in [0.717, 1.165) is 6.42 Å². The Kier molecular flexibility index (Phi) is 2.87. The summed E-state index contributed by atoms with van der Waals surface area (Å²) in [7, 11) is 0. The van der Waals surface area contributed by atoms with Crippen molar-refractivity contribution in [2.75, 3.05) is 0 Å². The molecule has 0 aromatic heterocycles. The minimum Gasteiger partial charge on any atom is -0.298 e. The number of fused-ring (bicyclic) bond motifs is 1. The van der Waals surface area contributed by atoms with E-state index in [0.29, 0.717) is 5.78 Å². The smallest absolute Gasteiger partial charge is 0.151 e. The van der Waals surface area contributed by atoms with Crippen LogP contribution < -0.4 is 0 Å². The number of rotatable bonds is 1. The largest absolute Gasteiger partial charge is 0.298 e. The number of ketones is 1. The number of aryl methyl sites for hydroxylation is 1. The lowest BCUT2D eigenvalue weighted by Gasteiger charge is -2.20. The fourth-order valence-electron chi connectivity index (χ4n) is 1.96. The molecule has 1 atom stereocenters. The van der Waals surface area contributed by atoms with E-state index in [9.17, 15) is 4.79 Å². The highest BCUT2D eigenvalue weighted by atomic mass is 32.2. The number of hydrogen-bond donors (Lipinski definition) is 0. The highest BCUT2D eigenvalue weighted by Crippen LogP contribution is 2.40. The van der Waals surface area contributed by atoms with Gasteiger partial charge in [0, 0.05) is 10.3 Å². The van der Waals surface area contributed by atoms with Gasteiger partial charge in [-0.25, -0.2) is 0 Å². The molecule has 2 heteroatoms. The maximum Gasteiger partial charge on any atom is 0.151 e. The highest BCUT2D eigenvalue weighted by Gasteiger charge is 2.34. The zero-order valence-corrected chi connectivity index (χ0v) is 11.1. The van der Waals surface area contributed by atoms with Crippen LogP contribution in [-0.4, -0.2) is 11.0 Å². The molecule has 1 aliphatic rings.